The Morgan fingerprint density at radius 3 is 2.13 bits per heavy atom. The van der Waals surface area contributed by atoms with Gasteiger partial charge in [-0.3, -0.25) is 9.59 Å². The Hall–Kier alpha value is -2.50. The number of para-hydroxylation sites is 1. The van der Waals surface area contributed by atoms with E-state index in [1.54, 1.807) is 24.3 Å². The second-order valence-electron chi connectivity index (χ2n) is 8.40. The Morgan fingerprint density at radius 2 is 1.47 bits per heavy atom. The molecule has 0 aliphatic carbocycles. The third-order valence-electron chi connectivity index (χ3n) is 5.62. The lowest BCUT2D eigenvalue weighted by Crippen LogP contribution is -2.47. The number of hydrogen-bond donors (Lipinski definition) is 1. The molecule has 1 amide bonds. The molecule has 160 valence electrons. The summed E-state index contributed by atoms with van der Waals surface area (Å²) >= 11 is 0. The lowest BCUT2D eigenvalue weighted by molar-refractivity contribution is -0.116. The Morgan fingerprint density at radius 1 is 0.867 bits per heavy atom. The fourth-order valence-corrected chi connectivity index (χ4v) is 3.68. The molecule has 1 N–H and O–H groups in total. The molecule has 1 aliphatic heterocycles. The molecule has 5 heteroatoms. The summed E-state index contributed by atoms with van der Waals surface area (Å²) in [6.45, 7) is 10.6. The van der Waals surface area contributed by atoms with E-state index in [1.165, 1.54) is 6.42 Å². The number of rotatable bonds is 9. The average molecular weight is 408 g/mol. The van der Waals surface area contributed by atoms with Crippen molar-refractivity contribution in [2.45, 2.75) is 26.7 Å². The molecule has 1 heterocycles. The smallest absolute Gasteiger partial charge is 0.225 e. The van der Waals surface area contributed by atoms with Gasteiger partial charge in [-0.05, 0) is 31.0 Å². The Labute approximate surface area is 180 Å². The minimum absolute atomic E-state index is 0.0504. The van der Waals surface area contributed by atoms with Gasteiger partial charge in [0.25, 0.3) is 0 Å². The highest BCUT2D eigenvalue weighted by Gasteiger charge is 2.18. The van der Waals surface area contributed by atoms with Crippen LogP contribution in [-0.2, 0) is 4.79 Å². The molecule has 1 saturated heterocycles. The zero-order valence-corrected chi connectivity index (χ0v) is 18.1. The fraction of sp³-hybridized carbons (Fsp3) is 0.440. The third kappa shape index (κ3) is 6.51. The van der Waals surface area contributed by atoms with E-state index in [9.17, 15) is 9.59 Å². The minimum atomic E-state index is -0.0796. The van der Waals surface area contributed by atoms with Crippen molar-refractivity contribution < 1.29 is 9.59 Å². The molecule has 0 atom stereocenters. The van der Waals surface area contributed by atoms with Crippen molar-refractivity contribution in [1.82, 2.24) is 9.80 Å². The van der Waals surface area contributed by atoms with E-state index in [0.29, 0.717) is 23.2 Å². The number of carbonyl (C=O) groups is 2. The van der Waals surface area contributed by atoms with Gasteiger partial charge in [0.1, 0.15) is 0 Å². The van der Waals surface area contributed by atoms with Crippen LogP contribution in [0.3, 0.4) is 0 Å². The van der Waals surface area contributed by atoms with Crippen LogP contribution in [0, 0.1) is 5.92 Å². The SMILES string of the molecule is CC(C)CCN1CCN(CCC(=O)Nc2ccccc2C(=O)c2ccccc2)CC1. The maximum absolute atomic E-state index is 12.8. The normalized spacial score (nSPS) is 15.3. The second-order valence-corrected chi connectivity index (χ2v) is 8.40. The Bertz CT molecular complexity index is 827. The molecule has 0 bridgehead atoms. The van der Waals surface area contributed by atoms with E-state index in [0.717, 1.165) is 45.2 Å². The Balaban J connectivity index is 1.49. The number of benzene rings is 2. The quantitative estimate of drug-likeness (QED) is 0.641. The Kier molecular flexibility index (Phi) is 8.17. The standard InChI is InChI=1S/C25H33N3O2/c1-20(2)12-14-27-16-18-28(19-17-27)15-13-24(29)26-23-11-7-6-10-22(23)25(30)21-8-4-3-5-9-21/h3-11,20H,12-19H2,1-2H3,(H,26,29). The van der Waals surface area contributed by atoms with Gasteiger partial charge in [0, 0.05) is 50.3 Å². The summed E-state index contributed by atoms with van der Waals surface area (Å²) in [5.41, 5.74) is 1.72. The molecule has 0 aromatic heterocycles. The van der Waals surface area contributed by atoms with Crippen molar-refractivity contribution in [2.24, 2.45) is 5.92 Å². The van der Waals surface area contributed by atoms with Crippen molar-refractivity contribution in [2.75, 3.05) is 44.6 Å². The number of carbonyl (C=O) groups excluding carboxylic acids is 2. The molecule has 0 radical (unpaired) electrons. The third-order valence-corrected chi connectivity index (χ3v) is 5.62. The number of piperazine rings is 1. The molecule has 30 heavy (non-hydrogen) atoms. The van der Waals surface area contributed by atoms with Crippen LogP contribution >= 0.6 is 0 Å². The summed E-state index contributed by atoms with van der Waals surface area (Å²) in [7, 11) is 0. The molecule has 0 saturated carbocycles. The van der Waals surface area contributed by atoms with E-state index in [-0.39, 0.29) is 11.7 Å². The van der Waals surface area contributed by atoms with E-state index in [4.69, 9.17) is 0 Å². The van der Waals surface area contributed by atoms with Crippen LogP contribution < -0.4 is 5.32 Å². The molecular weight excluding hydrogens is 374 g/mol. The van der Waals surface area contributed by atoms with E-state index >= 15 is 0 Å². The number of hydrogen-bond acceptors (Lipinski definition) is 4. The second kappa shape index (κ2) is 11.0. The highest BCUT2D eigenvalue weighted by Crippen LogP contribution is 2.19. The first-order valence-corrected chi connectivity index (χ1v) is 11.0. The van der Waals surface area contributed by atoms with Gasteiger partial charge in [0.15, 0.2) is 5.78 Å². The molecule has 2 aromatic rings. The zero-order valence-electron chi connectivity index (χ0n) is 18.1. The van der Waals surface area contributed by atoms with Gasteiger partial charge in [0.05, 0.1) is 5.69 Å². The van der Waals surface area contributed by atoms with Crippen LogP contribution in [-0.4, -0.2) is 60.8 Å². The highest BCUT2D eigenvalue weighted by molar-refractivity contribution is 6.13. The van der Waals surface area contributed by atoms with Gasteiger partial charge < -0.3 is 15.1 Å². The van der Waals surface area contributed by atoms with Crippen molar-refractivity contribution in [3.8, 4) is 0 Å². The van der Waals surface area contributed by atoms with Crippen LogP contribution in [0.1, 0.15) is 42.6 Å². The maximum Gasteiger partial charge on any atom is 0.225 e. The first kappa shape index (κ1) is 22.2. The van der Waals surface area contributed by atoms with Crippen LogP contribution in [0.5, 0.6) is 0 Å². The van der Waals surface area contributed by atoms with Crippen LogP contribution in [0.2, 0.25) is 0 Å². The largest absolute Gasteiger partial charge is 0.325 e. The molecule has 3 rings (SSSR count). The lowest BCUT2D eigenvalue weighted by Gasteiger charge is -2.34. The van der Waals surface area contributed by atoms with Crippen molar-refractivity contribution in [3.05, 3.63) is 65.7 Å². The van der Waals surface area contributed by atoms with Gasteiger partial charge >= 0.3 is 0 Å². The summed E-state index contributed by atoms with van der Waals surface area (Å²) in [6, 6.07) is 16.4. The van der Waals surface area contributed by atoms with Crippen LogP contribution in [0.25, 0.3) is 0 Å². The summed E-state index contributed by atoms with van der Waals surface area (Å²) in [4.78, 5) is 30.2. The molecule has 1 aliphatic rings. The predicted octanol–water partition coefficient (Wildman–Crippen LogP) is 3.91. The summed E-state index contributed by atoms with van der Waals surface area (Å²) in [6.07, 6.45) is 1.67. The highest BCUT2D eigenvalue weighted by atomic mass is 16.1. The number of nitrogens with one attached hydrogen (secondary N) is 1. The molecular formula is C25H33N3O2. The van der Waals surface area contributed by atoms with Crippen molar-refractivity contribution >= 4 is 17.4 Å². The first-order chi connectivity index (χ1) is 14.5. The lowest BCUT2D eigenvalue weighted by atomic mass is 10.0. The summed E-state index contributed by atoms with van der Waals surface area (Å²) in [5.74, 6) is 0.609. The predicted molar refractivity (Wildman–Crippen MR) is 122 cm³/mol. The average Bonchev–Trinajstić information content (AvgIpc) is 2.77. The molecule has 2 aromatic carbocycles. The maximum atomic E-state index is 12.8. The monoisotopic (exact) mass is 407 g/mol. The summed E-state index contributed by atoms with van der Waals surface area (Å²) in [5, 5.41) is 2.95. The van der Waals surface area contributed by atoms with Gasteiger partial charge in [0.2, 0.25) is 5.91 Å². The topological polar surface area (TPSA) is 52.6 Å². The van der Waals surface area contributed by atoms with Gasteiger partial charge in [-0.25, -0.2) is 0 Å². The minimum Gasteiger partial charge on any atom is -0.325 e. The molecule has 0 unspecified atom stereocenters. The zero-order chi connectivity index (χ0) is 21.3. The first-order valence-electron chi connectivity index (χ1n) is 11.0. The molecule has 5 nitrogen and oxygen atoms in total. The summed E-state index contributed by atoms with van der Waals surface area (Å²) < 4.78 is 0. The molecule has 0 spiro atoms. The van der Waals surface area contributed by atoms with Crippen molar-refractivity contribution in [1.29, 1.82) is 0 Å². The van der Waals surface area contributed by atoms with E-state index in [2.05, 4.69) is 29.0 Å². The van der Waals surface area contributed by atoms with Gasteiger partial charge in [-0.2, -0.15) is 0 Å². The van der Waals surface area contributed by atoms with E-state index in [1.807, 2.05) is 30.3 Å². The van der Waals surface area contributed by atoms with Gasteiger partial charge in [-0.15, -0.1) is 0 Å². The van der Waals surface area contributed by atoms with E-state index < -0.39 is 0 Å². The number of ketones is 1. The fourth-order valence-electron chi connectivity index (χ4n) is 3.68. The van der Waals surface area contributed by atoms with Gasteiger partial charge in [-0.1, -0.05) is 56.3 Å². The van der Waals surface area contributed by atoms with Crippen LogP contribution in [0.15, 0.2) is 54.6 Å². The number of anilines is 1. The number of nitrogens with zero attached hydrogens (tertiary/aromatic N) is 2. The van der Waals surface area contributed by atoms with Crippen LogP contribution in [0.4, 0.5) is 5.69 Å². The number of amides is 1. The molecule has 1 fully saturated rings. The van der Waals surface area contributed by atoms with Crippen molar-refractivity contribution in [3.63, 3.8) is 0 Å².